The van der Waals surface area contributed by atoms with Gasteiger partial charge in [-0.2, -0.15) is 12.6 Å². The van der Waals surface area contributed by atoms with Crippen LogP contribution in [0, 0.1) is 5.41 Å². The summed E-state index contributed by atoms with van der Waals surface area (Å²) in [7, 11) is 1.73. The molecule has 2 aliphatic carbocycles. The Morgan fingerprint density at radius 2 is 2.20 bits per heavy atom. The molecule has 0 atom stereocenters. The molecule has 15 heavy (non-hydrogen) atoms. The molecule has 0 heterocycles. The van der Waals surface area contributed by atoms with E-state index in [4.69, 9.17) is 4.74 Å². The van der Waals surface area contributed by atoms with Gasteiger partial charge in [0.25, 0.3) is 0 Å². The van der Waals surface area contributed by atoms with Crippen LogP contribution in [-0.2, 0) is 9.53 Å². The molecule has 2 aliphatic rings. The molecule has 3 nitrogen and oxygen atoms in total. The summed E-state index contributed by atoms with van der Waals surface area (Å²) in [5.41, 5.74) is 0.234. The number of carbonyl (C=O) groups excluding carboxylic acids is 1. The number of amides is 1. The second-order valence-corrected chi connectivity index (χ2v) is 5.24. The molecule has 0 aliphatic heterocycles. The quantitative estimate of drug-likeness (QED) is 0.699. The van der Waals surface area contributed by atoms with Gasteiger partial charge in [0.1, 0.15) is 0 Å². The number of nitrogens with one attached hydrogen (secondary N) is 1. The molecule has 86 valence electrons. The highest BCUT2D eigenvalue weighted by atomic mass is 32.1. The smallest absolute Gasteiger partial charge is 0.220 e. The third-order valence-corrected chi connectivity index (χ3v) is 4.29. The van der Waals surface area contributed by atoms with Crippen LogP contribution in [0.4, 0.5) is 0 Å². The van der Waals surface area contributed by atoms with Crippen LogP contribution in [0.5, 0.6) is 0 Å². The first kappa shape index (κ1) is 11.3. The molecule has 0 aromatic heterocycles. The molecular weight excluding hydrogens is 210 g/mol. The zero-order chi connectivity index (χ0) is 10.9. The second-order valence-electron chi connectivity index (χ2n) is 4.93. The summed E-state index contributed by atoms with van der Waals surface area (Å²) in [4.78, 5) is 11.7. The Kier molecular flexibility index (Phi) is 3.26. The molecule has 2 rings (SSSR count). The number of hydrogen-bond acceptors (Lipinski definition) is 3. The molecule has 2 fully saturated rings. The number of carbonyl (C=O) groups is 1. The standard InChI is InChI=1S/C11H19NO2S/c1-14-9-4-8(5-9)12-10(13)6-11(7-15)2-3-11/h8-9,15H,2-7H2,1H3,(H,12,13). The monoisotopic (exact) mass is 229 g/mol. The molecule has 1 N–H and O–H groups in total. The van der Waals surface area contributed by atoms with Crippen LogP contribution in [0.2, 0.25) is 0 Å². The van der Waals surface area contributed by atoms with Gasteiger partial charge >= 0.3 is 0 Å². The lowest BCUT2D eigenvalue weighted by Crippen LogP contribution is -2.47. The van der Waals surface area contributed by atoms with Gasteiger partial charge in [-0.05, 0) is 36.9 Å². The lowest BCUT2D eigenvalue weighted by Gasteiger charge is -2.34. The minimum Gasteiger partial charge on any atom is -0.381 e. The van der Waals surface area contributed by atoms with E-state index in [1.165, 1.54) is 0 Å². The van der Waals surface area contributed by atoms with Crippen molar-refractivity contribution in [3.63, 3.8) is 0 Å². The van der Waals surface area contributed by atoms with Crippen molar-refractivity contribution in [2.45, 2.75) is 44.2 Å². The molecule has 0 radical (unpaired) electrons. The fourth-order valence-corrected chi connectivity index (χ4v) is 2.49. The van der Waals surface area contributed by atoms with Gasteiger partial charge in [0.15, 0.2) is 0 Å². The predicted octanol–water partition coefficient (Wildman–Crippen LogP) is 1.38. The highest BCUT2D eigenvalue weighted by molar-refractivity contribution is 7.80. The van der Waals surface area contributed by atoms with Gasteiger partial charge in [-0.1, -0.05) is 0 Å². The van der Waals surface area contributed by atoms with Crippen molar-refractivity contribution in [2.24, 2.45) is 5.41 Å². The molecule has 2 saturated carbocycles. The first-order valence-electron chi connectivity index (χ1n) is 5.60. The second kappa shape index (κ2) is 4.34. The summed E-state index contributed by atoms with van der Waals surface area (Å²) in [5, 5.41) is 3.06. The van der Waals surface area contributed by atoms with Crippen molar-refractivity contribution in [1.29, 1.82) is 0 Å². The average Bonchev–Trinajstić information content (AvgIpc) is 2.91. The SMILES string of the molecule is COC1CC(NC(=O)CC2(CS)CC2)C1. The summed E-state index contributed by atoms with van der Waals surface area (Å²) in [6.45, 7) is 0. The maximum absolute atomic E-state index is 11.7. The van der Waals surface area contributed by atoms with Crippen LogP contribution < -0.4 is 5.32 Å². The van der Waals surface area contributed by atoms with Crippen molar-refractivity contribution in [3.8, 4) is 0 Å². The molecule has 0 aromatic rings. The number of methoxy groups -OCH3 is 1. The van der Waals surface area contributed by atoms with Crippen LogP contribution >= 0.6 is 12.6 Å². The highest BCUT2D eigenvalue weighted by Gasteiger charge is 2.43. The van der Waals surface area contributed by atoms with Gasteiger partial charge in [-0.25, -0.2) is 0 Å². The van der Waals surface area contributed by atoms with E-state index in [2.05, 4.69) is 17.9 Å². The lowest BCUT2D eigenvalue weighted by molar-refractivity contribution is -0.124. The van der Waals surface area contributed by atoms with Gasteiger partial charge in [-0.3, -0.25) is 4.79 Å². The van der Waals surface area contributed by atoms with Crippen molar-refractivity contribution >= 4 is 18.5 Å². The van der Waals surface area contributed by atoms with Crippen LogP contribution in [0.25, 0.3) is 0 Å². The largest absolute Gasteiger partial charge is 0.381 e. The van der Waals surface area contributed by atoms with Crippen molar-refractivity contribution < 1.29 is 9.53 Å². The summed E-state index contributed by atoms with van der Waals surface area (Å²) in [6.07, 6.45) is 5.27. The van der Waals surface area contributed by atoms with E-state index >= 15 is 0 Å². The summed E-state index contributed by atoms with van der Waals surface area (Å²) in [5.74, 6) is 1.03. The fourth-order valence-electron chi connectivity index (χ4n) is 2.06. The normalized spacial score (nSPS) is 31.9. The third kappa shape index (κ3) is 2.67. The van der Waals surface area contributed by atoms with E-state index in [0.29, 0.717) is 18.6 Å². The van der Waals surface area contributed by atoms with E-state index in [1.54, 1.807) is 7.11 Å². The highest BCUT2D eigenvalue weighted by Crippen LogP contribution is 2.49. The average molecular weight is 229 g/mol. The van der Waals surface area contributed by atoms with Gasteiger partial charge in [-0.15, -0.1) is 0 Å². The number of thiol groups is 1. The van der Waals surface area contributed by atoms with E-state index < -0.39 is 0 Å². The van der Waals surface area contributed by atoms with Crippen LogP contribution in [0.3, 0.4) is 0 Å². The van der Waals surface area contributed by atoms with Gasteiger partial charge < -0.3 is 10.1 Å². The molecule has 0 saturated heterocycles. The molecular formula is C11H19NO2S. The minimum atomic E-state index is 0.195. The molecule has 0 unspecified atom stereocenters. The molecule has 0 spiro atoms. The maximum Gasteiger partial charge on any atom is 0.220 e. The molecule has 1 amide bonds. The number of ether oxygens (including phenoxy) is 1. The van der Waals surface area contributed by atoms with Crippen LogP contribution in [0.15, 0.2) is 0 Å². The van der Waals surface area contributed by atoms with E-state index in [0.717, 1.165) is 31.4 Å². The fraction of sp³-hybridized carbons (Fsp3) is 0.909. The van der Waals surface area contributed by atoms with Crippen molar-refractivity contribution in [3.05, 3.63) is 0 Å². The Balaban J connectivity index is 1.66. The summed E-state index contributed by atoms with van der Waals surface area (Å²) >= 11 is 4.30. The Hall–Kier alpha value is -0.220. The maximum atomic E-state index is 11.7. The molecule has 4 heteroatoms. The molecule has 0 bridgehead atoms. The third-order valence-electron chi connectivity index (χ3n) is 3.62. The summed E-state index contributed by atoms with van der Waals surface area (Å²) in [6, 6.07) is 0.346. The first-order valence-corrected chi connectivity index (χ1v) is 6.24. The Morgan fingerprint density at radius 3 is 2.67 bits per heavy atom. The van der Waals surface area contributed by atoms with Gasteiger partial charge in [0, 0.05) is 19.6 Å². The first-order chi connectivity index (χ1) is 7.17. The Labute approximate surface area is 96.4 Å². The zero-order valence-electron chi connectivity index (χ0n) is 9.16. The zero-order valence-corrected chi connectivity index (χ0v) is 10.1. The van der Waals surface area contributed by atoms with E-state index in [-0.39, 0.29) is 11.3 Å². The van der Waals surface area contributed by atoms with Gasteiger partial charge in [0.05, 0.1) is 6.10 Å². The van der Waals surface area contributed by atoms with Gasteiger partial charge in [0.2, 0.25) is 5.91 Å². The number of hydrogen-bond donors (Lipinski definition) is 2. The van der Waals surface area contributed by atoms with Crippen molar-refractivity contribution in [2.75, 3.05) is 12.9 Å². The van der Waals surface area contributed by atoms with E-state index in [9.17, 15) is 4.79 Å². The Morgan fingerprint density at radius 1 is 1.53 bits per heavy atom. The van der Waals surface area contributed by atoms with Crippen LogP contribution in [-0.4, -0.2) is 30.9 Å². The minimum absolute atomic E-state index is 0.195. The Bertz CT molecular complexity index is 247. The topological polar surface area (TPSA) is 38.3 Å². The van der Waals surface area contributed by atoms with E-state index in [1.807, 2.05) is 0 Å². The predicted molar refractivity (Wildman–Crippen MR) is 62.1 cm³/mol. The lowest BCUT2D eigenvalue weighted by atomic mass is 9.89. The molecule has 0 aromatic carbocycles. The number of rotatable bonds is 5. The van der Waals surface area contributed by atoms with Crippen molar-refractivity contribution in [1.82, 2.24) is 5.32 Å². The summed E-state index contributed by atoms with van der Waals surface area (Å²) < 4.78 is 5.17. The van der Waals surface area contributed by atoms with Crippen LogP contribution in [0.1, 0.15) is 32.1 Å².